The molecule has 0 aromatic rings. The van der Waals surface area contributed by atoms with Crippen molar-refractivity contribution in [2.24, 2.45) is 11.7 Å². The van der Waals surface area contributed by atoms with Gasteiger partial charge in [0.2, 0.25) is 5.91 Å². The van der Waals surface area contributed by atoms with Crippen LogP contribution < -0.4 is 11.1 Å². The van der Waals surface area contributed by atoms with Crippen molar-refractivity contribution < 1.29 is 18.0 Å². The maximum atomic E-state index is 12.4. The number of halogens is 3. The molecule has 6 heteroatoms. The number of rotatable bonds is 5. The first-order valence-electron chi connectivity index (χ1n) is 6.49. The molecule has 1 amide bonds. The minimum atomic E-state index is -4.09. The SMILES string of the molecule is NCCCCC(=O)NC1CCC(C(F)(F)F)CC1. The molecule has 0 aliphatic heterocycles. The molecule has 1 aliphatic rings. The summed E-state index contributed by atoms with van der Waals surface area (Å²) in [4.78, 5) is 11.5. The lowest BCUT2D eigenvalue weighted by Gasteiger charge is -2.30. The molecule has 0 aromatic heterocycles. The van der Waals surface area contributed by atoms with E-state index in [4.69, 9.17) is 5.73 Å². The molecule has 3 nitrogen and oxygen atoms in total. The number of hydrogen-bond acceptors (Lipinski definition) is 2. The maximum Gasteiger partial charge on any atom is 0.391 e. The lowest BCUT2D eigenvalue weighted by atomic mass is 9.85. The third kappa shape index (κ3) is 5.25. The molecule has 0 saturated heterocycles. The zero-order valence-corrected chi connectivity index (χ0v) is 10.4. The Labute approximate surface area is 105 Å². The fraction of sp³-hybridized carbons (Fsp3) is 0.917. The third-order valence-corrected chi connectivity index (χ3v) is 3.41. The van der Waals surface area contributed by atoms with E-state index in [0.29, 0.717) is 25.8 Å². The second kappa shape index (κ2) is 6.97. The van der Waals surface area contributed by atoms with Gasteiger partial charge in [-0.05, 0) is 45.1 Å². The Kier molecular flexibility index (Phi) is 5.91. The van der Waals surface area contributed by atoms with Gasteiger partial charge in [-0.3, -0.25) is 4.79 Å². The lowest BCUT2D eigenvalue weighted by molar-refractivity contribution is -0.182. The smallest absolute Gasteiger partial charge is 0.353 e. The predicted octanol–water partition coefficient (Wildman–Crippen LogP) is 2.35. The van der Waals surface area contributed by atoms with Gasteiger partial charge in [0, 0.05) is 12.5 Å². The molecular weight excluding hydrogens is 245 g/mol. The van der Waals surface area contributed by atoms with Crippen molar-refractivity contribution in [3.05, 3.63) is 0 Å². The van der Waals surface area contributed by atoms with Crippen molar-refractivity contribution in [1.29, 1.82) is 0 Å². The van der Waals surface area contributed by atoms with Gasteiger partial charge in [-0.1, -0.05) is 0 Å². The van der Waals surface area contributed by atoms with Crippen LogP contribution in [0.5, 0.6) is 0 Å². The summed E-state index contributed by atoms with van der Waals surface area (Å²) >= 11 is 0. The highest BCUT2D eigenvalue weighted by molar-refractivity contribution is 5.76. The normalized spacial score (nSPS) is 24.9. The van der Waals surface area contributed by atoms with Crippen LogP contribution in [0.4, 0.5) is 13.2 Å². The maximum absolute atomic E-state index is 12.4. The predicted molar refractivity (Wildman–Crippen MR) is 62.8 cm³/mol. The van der Waals surface area contributed by atoms with Gasteiger partial charge in [0.25, 0.3) is 0 Å². The largest absolute Gasteiger partial charge is 0.391 e. The molecule has 1 aliphatic carbocycles. The fourth-order valence-corrected chi connectivity index (χ4v) is 2.29. The van der Waals surface area contributed by atoms with Gasteiger partial charge in [0.05, 0.1) is 5.92 Å². The Morgan fingerprint density at radius 2 is 1.78 bits per heavy atom. The Hall–Kier alpha value is -0.780. The van der Waals surface area contributed by atoms with Crippen molar-refractivity contribution in [3.8, 4) is 0 Å². The summed E-state index contributed by atoms with van der Waals surface area (Å²) in [7, 11) is 0. The molecule has 0 spiro atoms. The van der Waals surface area contributed by atoms with E-state index in [0.717, 1.165) is 12.8 Å². The van der Waals surface area contributed by atoms with Crippen LogP contribution in [0.2, 0.25) is 0 Å². The van der Waals surface area contributed by atoms with Gasteiger partial charge in [-0.15, -0.1) is 0 Å². The van der Waals surface area contributed by atoms with Gasteiger partial charge in [-0.2, -0.15) is 13.2 Å². The third-order valence-electron chi connectivity index (χ3n) is 3.41. The van der Waals surface area contributed by atoms with Crippen LogP contribution in [-0.2, 0) is 4.79 Å². The quantitative estimate of drug-likeness (QED) is 0.750. The van der Waals surface area contributed by atoms with Crippen molar-refractivity contribution in [2.45, 2.75) is 57.2 Å². The minimum Gasteiger partial charge on any atom is -0.353 e. The number of carbonyl (C=O) groups excluding carboxylic acids is 1. The minimum absolute atomic E-state index is 0.0705. The molecular formula is C12H21F3N2O. The van der Waals surface area contributed by atoms with E-state index in [1.54, 1.807) is 0 Å². The van der Waals surface area contributed by atoms with E-state index in [2.05, 4.69) is 5.32 Å². The summed E-state index contributed by atoms with van der Waals surface area (Å²) in [6, 6.07) is -0.0889. The fourth-order valence-electron chi connectivity index (χ4n) is 2.29. The van der Waals surface area contributed by atoms with Crippen LogP contribution in [0.3, 0.4) is 0 Å². The Morgan fingerprint density at radius 3 is 2.28 bits per heavy atom. The van der Waals surface area contributed by atoms with Crippen molar-refractivity contribution in [3.63, 3.8) is 0 Å². The summed E-state index contributed by atoms with van der Waals surface area (Å²) in [5.74, 6) is -1.26. The van der Waals surface area contributed by atoms with Gasteiger partial charge in [0.1, 0.15) is 0 Å². The molecule has 0 unspecified atom stereocenters. The monoisotopic (exact) mass is 266 g/mol. The highest BCUT2D eigenvalue weighted by Gasteiger charge is 2.41. The molecule has 3 N–H and O–H groups in total. The standard InChI is InChI=1S/C12H21F3N2O/c13-12(14,15)9-4-6-10(7-5-9)17-11(18)3-1-2-8-16/h9-10H,1-8,16H2,(H,17,18). The number of carbonyl (C=O) groups is 1. The van der Waals surface area contributed by atoms with Crippen molar-refractivity contribution in [1.82, 2.24) is 5.32 Å². The van der Waals surface area contributed by atoms with Gasteiger partial charge >= 0.3 is 6.18 Å². The molecule has 18 heavy (non-hydrogen) atoms. The number of nitrogens with two attached hydrogens (primary N) is 1. The average Bonchev–Trinajstić information content (AvgIpc) is 2.29. The first kappa shape index (κ1) is 15.3. The molecule has 106 valence electrons. The second-order valence-corrected chi connectivity index (χ2v) is 4.90. The molecule has 0 bridgehead atoms. The lowest BCUT2D eigenvalue weighted by Crippen LogP contribution is -2.39. The summed E-state index contributed by atoms with van der Waals surface area (Å²) in [6.45, 7) is 0.559. The topological polar surface area (TPSA) is 55.1 Å². The van der Waals surface area contributed by atoms with Gasteiger partial charge in [-0.25, -0.2) is 0 Å². The second-order valence-electron chi connectivity index (χ2n) is 4.90. The summed E-state index contributed by atoms with van der Waals surface area (Å²) in [5, 5.41) is 2.80. The van der Waals surface area contributed by atoms with E-state index in [-0.39, 0.29) is 24.8 Å². The van der Waals surface area contributed by atoms with E-state index < -0.39 is 12.1 Å². The molecule has 1 saturated carbocycles. The molecule has 0 aromatic carbocycles. The molecule has 0 atom stereocenters. The zero-order chi connectivity index (χ0) is 13.6. The Balaban J connectivity index is 2.21. The van der Waals surface area contributed by atoms with Crippen LogP contribution in [0, 0.1) is 5.92 Å². The Morgan fingerprint density at radius 1 is 1.17 bits per heavy atom. The highest BCUT2D eigenvalue weighted by Crippen LogP contribution is 2.37. The number of hydrogen-bond donors (Lipinski definition) is 2. The van der Waals surface area contributed by atoms with E-state index in [1.807, 2.05) is 0 Å². The highest BCUT2D eigenvalue weighted by atomic mass is 19.4. The summed E-state index contributed by atoms with van der Waals surface area (Å²) in [6.07, 6.45) is -1.05. The summed E-state index contributed by atoms with van der Waals surface area (Å²) < 4.78 is 37.3. The molecule has 0 radical (unpaired) electrons. The van der Waals surface area contributed by atoms with Crippen molar-refractivity contribution in [2.75, 3.05) is 6.54 Å². The average molecular weight is 266 g/mol. The van der Waals surface area contributed by atoms with E-state index in [1.165, 1.54) is 0 Å². The Bertz CT molecular complexity index is 261. The van der Waals surface area contributed by atoms with Gasteiger partial charge < -0.3 is 11.1 Å². The van der Waals surface area contributed by atoms with E-state index >= 15 is 0 Å². The number of unbranched alkanes of at least 4 members (excludes halogenated alkanes) is 1. The van der Waals surface area contributed by atoms with Crippen molar-refractivity contribution >= 4 is 5.91 Å². The number of alkyl halides is 3. The molecule has 0 heterocycles. The molecule has 1 fully saturated rings. The number of nitrogens with one attached hydrogen (secondary N) is 1. The first-order chi connectivity index (χ1) is 8.43. The van der Waals surface area contributed by atoms with Gasteiger partial charge in [0.15, 0.2) is 0 Å². The number of amides is 1. The van der Waals surface area contributed by atoms with Crippen LogP contribution in [0.1, 0.15) is 44.9 Å². The van der Waals surface area contributed by atoms with Crippen LogP contribution in [0.15, 0.2) is 0 Å². The first-order valence-corrected chi connectivity index (χ1v) is 6.49. The molecule has 1 rings (SSSR count). The van der Waals surface area contributed by atoms with Crippen LogP contribution in [-0.4, -0.2) is 24.7 Å². The summed E-state index contributed by atoms with van der Waals surface area (Å²) in [5.41, 5.74) is 5.32. The van der Waals surface area contributed by atoms with E-state index in [9.17, 15) is 18.0 Å². The van der Waals surface area contributed by atoms with Crippen LogP contribution in [0.25, 0.3) is 0 Å². The van der Waals surface area contributed by atoms with Crippen LogP contribution >= 0.6 is 0 Å². The zero-order valence-electron chi connectivity index (χ0n) is 10.4.